The van der Waals surface area contributed by atoms with Crippen LogP contribution in [0.25, 0.3) is 0 Å². The lowest BCUT2D eigenvalue weighted by molar-refractivity contribution is 0.188. The number of aliphatic hydroxyl groups excluding tert-OH is 1. The average Bonchev–Trinajstić information content (AvgIpc) is 1.97. The number of rotatable bonds is 6. The summed E-state index contributed by atoms with van der Waals surface area (Å²) in [7, 11) is 2.12. The lowest BCUT2D eigenvalue weighted by Crippen LogP contribution is -2.39. The lowest BCUT2D eigenvalue weighted by Gasteiger charge is -2.31. The molecule has 3 heteroatoms. The minimum Gasteiger partial charge on any atom is -0.396 e. The number of likely N-dealkylation sites (N-methyl/N-ethyl adjacent to an activating group) is 1. The topological polar surface area (TPSA) is 49.5 Å². The smallest absolute Gasteiger partial charge is 0.0446 e. The summed E-state index contributed by atoms with van der Waals surface area (Å²) >= 11 is 0. The van der Waals surface area contributed by atoms with E-state index in [1.54, 1.807) is 0 Å². The highest BCUT2D eigenvalue weighted by molar-refractivity contribution is 4.74. The molecular formula is C10H22N2O. The summed E-state index contributed by atoms with van der Waals surface area (Å²) in [5.74, 6) is 0.909. The molecular weight excluding hydrogens is 164 g/mol. The molecule has 1 saturated carbocycles. The van der Waals surface area contributed by atoms with Crippen LogP contribution in [0.3, 0.4) is 0 Å². The highest BCUT2D eigenvalue weighted by Crippen LogP contribution is 2.26. The molecule has 3 N–H and O–H groups in total. The van der Waals surface area contributed by atoms with Gasteiger partial charge in [-0.1, -0.05) is 6.42 Å². The van der Waals surface area contributed by atoms with Crippen molar-refractivity contribution in [2.75, 3.05) is 26.7 Å². The van der Waals surface area contributed by atoms with Gasteiger partial charge in [-0.25, -0.2) is 0 Å². The predicted octanol–water partition coefficient (Wildman–Crippen LogP) is 0.428. The Labute approximate surface area is 80.9 Å². The van der Waals surface area contributed by atoms with Gasteiger partial charge in [0.25, 0.3) is 0 Å². The zero-order valence-corrected chi connectivity index (χ0v) is 8.58. The van der Waals surface area contributed by atoms with Gasteiger partial charge >= 0.3 is 0 Å². The molecule has 1 fully saturated rings. The van der Waals surface area contributed by atoms with Crippen LogP contribution < -0.4 is 5.73 Å². The summed E-state index contributed by atoms with van der Waals surface area (Å²) in [4.78, 5) is 2.30. The molecule has 0 aromatic rings. The van der Waals surface area contributed by atoms with Crippen molar-refractivity contribution in [3.8, 4) is 0 Å². The lowest BCUT2D eigenvalue weighted by atomic mass is 9.85. The fourth-order valence-electron chi connectivity index (χ4n) is 1.85. The SMILES string of the molecule is CN(CC(N)CCO)CC1CCC1. The molecule has 0 bridgehead atoms. The molecule has 0 heterocycles. The summed E-state index contributed by atoms with van der Waals surface area (Å²) in [6, 6.07) is 0.134. The fraction of sp³-hybridized carbons (Fsp3) is 1.00. The van der Waals surface area contributed by atoms with Gasteiger partial charge in [0.1, 0.15) is 0 Å². The highest BCUT2D eigenvalue weighted by Gasteiger charge is 2.19. The number of aliphatic hydroxyl groups is 1. The van der Waals surface area contributed by atoms with E-state index in [1.807, 2.05) is 0 Å². The standard InChI is InChI=1S/C10H22N2O/c1-12(7-9-3-2-4-9)8-10(11)5-6-13/h9-10,13H,2-8,11H2,1H3. The molecule has 78 valence electrons. The first-order valence-corrected chi connectivity index (χ1v) is 5.27. The van der Waals surface area contributed by atoms with Crippen LogP contribution in [0.2, 0.25) is 0 Å². The van der Waals surface area contributed by atoms with E-state index in [-0.39, 0.29) is 12.6 Å². The number of nitrogens with two attached hydrogens (primary N) is 1. The first kappa shape index (κ1) is 11.0. The summed E-state index contributed by atoms with van der Waals surface area (Å²) in [6.07, 6.45) is 4.90. The second kappa shape index (κ2) is 5.58. The molecule has 13 heavy (non-hydrogen) atoms. The fourth-order valence-corrected chi connectivity index (χ4v) is 1.85. The molecule has 1 rings (SSSR count). The summed E-state index contributed by atoms with van der Waals surface area (Å²) < 4.78 is 0. The maximum absolute atomic E-state index is 8.69. The van der Waals surface area contributed by atoms with Crippen LogP contribution in [-0.4, -0.2) is 42.8 Å². The van der Waals surface area contributed by atoms with E-state index < -0.39 is 0 Å². The van der Waals surface area contributed by atoms with Crippen LogP contribution in [0.4, 0.5) is 0 Å². The van der Waals surface area contributed by atoms with Crippen LogP contribution in [0.1, 0.15) is 25.7 Å². The third-order valence-corrected chi connectivity index (χ3v) is 2.84. The van der Waals surface area contributed by atoms with Crippen molar-refractivity contribution in [2.24, 2.45) is 11.7 Å². The number of hydrogen-bond acceptors (Lipinski definition) is 3. The summed E-state index contributed by atoms with van der Waals surface area (Å²) in [5.41, 5.74) is 5.82. The largest absolute Gasteiger partial charge is 0.396 e. The molecule has 1 aliphatic carbocycles. The molecule has 0 amide bonds. The van der Waals surface area contributed by atoms with E-state index in [1.165, 1.54) is 25.8 Å². The van der Waals surface area contributed by atoms with Crippen molar-refractivity contribution in [1.82, 2.24) is 4.90 Å². The first-order valence-electron chi connectivity index (χ1n) is 5.27. The van der Waals surface area contributed by atoms with Gasteiger partial charge in [0.05, 0.1) is 0 Å². The summed E-state index contributed by atoms with van der Waals surface area (Å²) in [5, 5.41) is 8.69. The van der Waals surface area contributed by atoms with E-state index in [0.29, 0.717) is 0 Å². The van der Waals surface area contributed by atoms with Crippen LogP contribution in [0, 0.1) is 5.92 Å². The van der Waals surface area contributed by atoms with Gasteiger partial charge in [-0.05, 0) is 32.2 Å². The van der Waals surface area contributed by atoms with Crippen molar-refractivity contribution in [3.05, 3.63) is 0 Å². The highest BCUT2D eigenvalue weighted by atomic mass is 16.3. The van der Waals surface area contributed by atoms with E-state index >= 15 is 0 Å². The van der Waals surface area contributed by atoms with Gasteiger partial charge in [0, 0.05) is 25.7 Å². The van der Waals surface area contributed by atoms with Gasteiger partial charge in [0.2, 0.25) is 0 Å². The van der Waals surface area contributed by atoms with Crippen molar-refractivity contribution < 1.29 is 5.11 Å². The Balaban J connectivity index is 2.04. The molecule has 0 radical (unpaired) electrons. The van der Waals surface area contributed by atoms with Crippen LogP contribution in [0.5, 0.6) is 0 Å². The van der Waals surface area contributed by atoms with Crippen molar-refractivity contribution in [3.63, 3.8) is 0 Å². The quantitative estimate of drug-likeness (QED) is 0.632. The van der Waals surface area contributed by atoms with Crippen molar-refractivity contribution in [1.29, 1.82) is 0 Å². The normalized spacial score (nSPS) is 20.3. The van der Waals surface area contributed by atoms with Gasteiger partial charge < -0.3 is 15.7 Å². The second-order valence-corrected chi connectivity index (χ2v) is 4.29. The Morgan fingerprint density at radius 3 is 2.69 bits per heavy atom. The molecule has 0 aromatic carbocycles. The number of hydrogen-bond donors (Lipinski definition) is 2. The Morgan fingerprint density at radius 2 is 2.23 bits per heavy atom. The molecule has 0 saturated heterocycles. The van der Waals surface area contributed by atoms with Crippen LogP contribution in [0.15, 0.2) is 0 Å². The Bertz CT molecular complexity index is 137. The first-order chi connectivity index (χ1) is 6.22. The monoisotopic (exact) mass is 186 g/mol. The van der Waals surface area contributed by atoms with Gasteiger partial charge in [-0.15, -0.1) is 0 Å². The van der Waals surface area contributed by atoms with Gasteiger partial charge in [0.15, 0.2) is 0 Å². The average molecular weight is 186 g/mol. The zero-order valence-electron chi connectivity index (χ0n) is 8.58. The Morgan fingerprint density at radius 1 is 1.54 bits per heavy atom. The Hall–Kier alpha value is -0.120. The second-order valence-electron chi connectivity index (χ2n) is 4.29. The van der Waals surface area contributed by atoms with E-state index in [0.717, 1.165) is 18.9 Å². The van der Waals surface area contributed by atoms with Gasteiger partial charge in [-0.3, -0.25) is 0 Å². The zero-order chi connectivity index (χ0) is 9.68. The van der Waals surface area contributed by atoms with Crippen molar-refractivity contribution in [2.45, 2.75) is 31.7 Å². The maximum Gasteiger partial charge on any atom is 0.0446 e. The Kier molecular flexibility index (Phi) is 4.70. The van der Waals surface area contributed by atoms with E-state index in [9.17, 15) is 0 Å². The molecule has 1 atom stereocenters. The molecule has 0 aliphatic heterocycles. The third-order valence-electron chi connectivity index (χ3n) is 2.84. The minimum absolute atomic E-state index is 0.134. The predicted molar refractivity (Wildman–Crippen MR) is 54.5 cm³/mol. The van der Waals surface area contributed by atoms with Gasteiger partial charge in [-0.2, -0.15) is 0 Å². The molecule has 1 unspecified atom stereocenters. The molecule has 0 spiro atoms. The van der Waals surface area contributed by atoms with E-state index in [2.05, 4.69) is 11.9 Å². The number of nitrogens with zero attached hydrogens (tertiary/aromatic N) is 1. The maximum atomic E-state index is 8.69. The van der Waals surface area contributed by atoms with Crippen LogP contribution >= 0.6 is 0 Å². The van der Waals surface area contributed by atoms with E-state index in [4.69, 9.17) is 10.8 Å². The molecule has 0 aromatic heterocycles. The molecule has 3 nitrogen and oxygen atoms in total. The molecule has 1 aliphatic rings. The third kappa shape index (κ3) is 4.07. The summed E-state index contributed by atoms with van der Waals surface area (Å²) in [6.45, 7) is 2.30. The minimum atomic E-state index is 0.134. The van der Waals surface area contributed by atoms with Crippen molar-refractivity contribution >= 4 is 0 Å². The van der Waals surface area contributed by atoms with Crippen LogP contribution in [-0.2, 0) is 0 Å².